The minimum atomic E-state index is -0.549. The van der Waals surface area contributed by atoms with Gasteiger partial charge in [-0.2, -0.15) is 0 Å². The van der Waals surface area contributed by atoms with Gasteiger partial charge in [-0.05, 0) is 125 Å². The molecule has 0 bridgehead atoms. The van der Waals surface area contributed by atoms with Crippen LogP contribution < -0.4 is 4.90 Å². The fourth-order valence-electron chi connectivity index (χ4n) is 12.6. The number of nitrogens with zero attached hydrogens (tertiary/aromatic N) is 1. The van der Waals surface area contributed by atoms with Gasteiger partial charge in [0, 0.05) is 16.9 Å². The smallest absolute Gasteiger partial charge is 0.0732 e. The van der Waals surface area contributed by atoms with Gasteiger partial charge in [-0.25, -0.2) is 0 Å². The van der Waals surface area contributed by atoms with E-state index >= 15 is 0 Å². The van der Waals surface area contributed by atoms with Gasteiger partial charge >= 0.3 is 0 Å². The summed E-state index contributed by atoms with van der Waals surface area (Å²) in [6, 6.07) is 97.6. The second-order valence-electron chi connectivity index (χ2n) is 18.3. The highest BCUT2D eigenvalue weighted by atomic mass is 15.1. The molecule has 3 aliphatic carbocycles. The standard InChI is InChI=1S/C66H43N/c1-4-20-44(21-5-1)45-36-38-49(39-37-45)67(50-40-41-55-54-30-12-16-32-57(54)65(61(55)43-50,47-23-6-2-7-24-47)48-25-8-3-9-26-48)62-42-46-22-10-11-27-51(46)64-63(62)56-31-15-19-35-60(56)66(64)58-33-17-13-28-52(58)53-29-14-18-34-59(53)66/h1-43H. The maximum Gasteiger partial charge on any atom is 0.0732 e. The lowest BCUT2D eigenvalue weighted by Crippen LogP contribution is -2.28. The van der Waals surface area contributed by atoms with E-state index in [9.17, 15) is 0 Å². The first kappa shape index (κ1) is 37.8. The third kappa shape index (κ3) is 5.14. The Morgan fingerprint density at radius 3 is 1.31 bits per heavy atom. The molecule has 0 N–H and O–H groups in total. The monoisotopic (exact) mass is 849 g/mol. The zero-order valence-corrected chi connectivity index (χ0v) is 36.8. The van der Waals surface area contributed by atoms with Gasteiger partial charge in [-0.3, -0.25) is 0 Å². The van der Waals surface area contributed by atoms with Crippen molar-refractivity contribution in [1.82, 2.24) is 0 Å². The second kappa shape index (κ2) is 14.5. The van der Waals surface area contributed by atoms with Crippen LogP contribution in [0.1, 0.15) is 44.5 Å². The zero-order chi connectivity index (χ0) is 44.1. The topological polar surface area (TPSA) is 3.24 Å². The minimum absolute atomic E-state index is 0.521. The summed E-state index contributed by atoms with van der Waals surface area (Å²) in [5.74, 6) is 0. The molecule has 0 heterocycles. The summed E-state index contributed by atoms with van der Waals surface area (Å²) >= 11 is 0. The van der Waals surface area contributed by atoms with Crippen molar-refractivity contribution >= 4 is 27.8 Å². The molecular formula is C66H43N. The fourth-order valence-corrected chi connectivity index (χ4v) is 12.6. The number of hydrogen-bond acceptors (Lipinski definition) is 1. The van der Waals surface area contributed by atoms with Crippen LogP contribution in [0, 0.1) is 0 Å². The summed E-state index contributed by atoms with van der Waals surface area (Å²) in [6.07, 6.45) is 0. The molecule has 0 unspecified atom stereocenters. The van der Waals surface area contributed by atoms with Crippen molar-refractivity contribution < 1.29 is 0 Å². The molecule has 3 aliphatic rings. The molecule has 1 nitrogen and oxygen atoms in total. The third-order valence-corrected chi connectivity index (χ3v) is 15.1. The highest BCUT2D eigenvalue weighted by molar-refractivity contribution is 6.10. The van der Waals surface area contributed by atoms with Gasteiger partial charge in [-0.15, -0.1) is 0 Å². The third-order valence-electron chi connectivity index (χ3n) is 15.1. The van der Waals surface area contributed by atoms with Crippen LogP contribution in [0.2, 0.25) is 0 Å². The maximum absolute atomic E-state index is 2.56. The van der Waals surface area contributed by atoms with E-state index in [1.165, 1.54) is 99.8 Å². The molecule has 0 radical (unpaired) electrons. The fraction of sp³-hybridized carbons (Fsp3) is 0.0303. The molecule has 1 spiro atoms. The van der Waals surface area contributed by atoms with Crippen LogP contribution in [-0.2, 0) is 10.8 Å². The van der Waals surface area contributed by atoms with Gasteiger partial charge < -0.3 is 4.90 Å². The molecule has 0 saturated carbocycles. The molecule has 11 aromatic carbocycles. The van der Waals surface area contributed by atoms with E-state index in [4.69, 9.17) is 0 Å². The predicted molar refractivity (Wildman–Crippen MR) is 278 cm³/mol. The quantitative estimate of drug-likeness (QED) is 0.161. The maximum atomic E-state index is 2.56. The van der Waals surface area contributed by atoms with E-state index in [-0.39, 0.29) is 0 Å². The molecule has 67 heavy (non-hydrogen) atoms. The lowest BCUT2D eigenvalue weighted by atomic mass is 9.67. The number of hydrogen-bond donors (Lipinski definition) is 0. The Hall–Kier alpha value is -8.52. The number of benzene rings is 11. The van der Waals surface area contributed by atoms with E-state index in [2.05, 4.69) is 266 Å². The summed E-state index contributed by atoms with van der Waals surface area (Å²) in [6.45, 7) is 0. The highest BCUT2D eigenvalue weighted by Crippen LogP contribution is 2.66. The molecule has 0 fully saturated rings. The Balaban J connectivity index is 1.10. The zero-order valence-electron chi connectivity index (χ0n) is 36.8. The Kier molecular flexibility index (Phi) is 8.18. The molecule has 0 saturated heterocycles. The van der Waals surface area contributed by atoms with Gasteiger partial charge in [-0.1, -0.05) is 231 Å². The van der Waals surface area contributed by atoms with E-state index in [0.29, 0.717) is 0 Å². The van der Waals surface area contributed by atoms with E-state index < -0.39 is 10.8 Å². The summed E-state index contributed by atoms with van der Waals surface area (Å²) in [5, 5.41) is 2.49. The first-order chi connectivity index (χ1) is 33.3. The Morgan fingerprint density at radius 2 is 0.716 bits per heavy atom. The normalized spacial score (nSPS) is 13.9. The largest absolute Gasteiger partial charge is 0.310 e. The average molecular weight is 850 g/mol. The van der Waals surface area contributed by atoms with Crippen molar-refractivity contribution in [1.29, 1.82) is 0 Å². The van der Waals surface area contributed by atoms with Crippen LogP contribution in [0.4, 0.5) is 17.1 Å². The van der Waals surface area contributed by atoms with Crippen LogP contribution in [0.5, 0.6) is 0 Å². The van der Waals surface area contributed by atoms with Gasteiger partial charge in [0.1, 0.15) is 0 Å². The van der Waals surface area contributed by atoms with Crippen molar-refractivity contribution in [3.63, 3.8) is 0 Å². The van der Waals surface area contributed by atoms with Crippen LogP contribution in [0.15, 0.2) is 261 Å². The van der Waals surface area contributed by atoms with Crippen molar-refractivity contribution in [2.45, 2.75) is 10.8 Å². The predicted octanol–water partition coefficient (Wildman–Crippen LogP) is 16.7. The van der Waals surface area contributed by atoms with Gasteiger partial charge in [0.2, 0.25) is 0 Å². The lowest BCUT2D eigenvalue weighted by Gasteiger charge is -2.35. The van der Waals surface area contributed by atoms with Crippen LogP contribution in [-0.4, -0.2) is 0 Å². The minimum Gasteiger partial charge on any atom is -0.310 e. The summed E-state index contributed by atoms with van der Waals surface area (Å²) in [4.78, 5) is 2.56. The molecule has 0 amide bonds. The van der Waals surface area contributed by atoms with Gasteiger partial charge in [0.05, 0.1) is 16.5 Å². The average Bonchev–Trinajstić information content (AvgIpc) is 4.00. The molecule has 1 heteroatoms. The second-order valence-corrected chi connectivity index (χ2v) is 18.3. The molecule has 0 aliphatic heterocycles. The Morgan fingerprint density at radius 1 is 0.284 bits per heavy atom. The number of rotatable bonds is 6. The summed E-state index contributed by atoms with van der Waals surface area (Å²) < 4.78 is 0. The Bertz CT molecular complexity index is 3650. The van der Waals surface area contributed by atoms with E-state index in [1.54, 1.807) is 0 Å². The van der Waals surface area contributed by atoms with Crippen molar-refractivity contribution in [3.05, 3.63) is 305 Å². The summed E-state index contributed by atoms with van der Waals surface area (Å²) in [5.41, 5.74) is 22.8. The Labute approximate surface area is 391 Å². The van der Waals surface area contributed by atoms with Gasteiger partial charge in [0.15, 0.2) is 0 Å². The summed E-state index contributed by atoms with van der Waals surface area (Å²) in [7, 11) is 0. The first-order valence-corrected chi connectivity index (χ1v) is 23.4. The van der Waals surface area contributed by atoms with Crippen molar-refractivity contribution in [2.75, 3.05) is 4.90 Å². The van der Waals surface area contributed by atoms with Gasteiger partial charge in [0.25, 0.3) is 0 Å². The molecule has 0 atom stereocenters. The van der Waals surface area contributed by atoms with Crippen LogP contribution >= 0.6 is 0 Å². The molecular weight excluding hydrogens is 807 g/mol. The van der Waals surface area contributed by atoms with Crippen molar-refractivity contribution in [2.24, 2.45) is 0 Å². The molecule has 0 aromatic heterocycles. The first-order valence-electron chi connectivity index (χ1n) is 23.4. The van der Waals surface area contributed by atoms with E-state index in [0.717, 1.165) is 17.1 Å². The lowest BCUT2D eigenvalue weighted by molar-refractivity contribution is 0.768. The van der Waals surface area contributed by atoms with Crippen LogP contribution in [0.3, 0.4) is 0 Å². The molecule has 312 valence electrons. The van der Waals surface area contributed by atoms with Crippen LogP contribution in [0.25, 0.3) is 55.3 Å². The van der Waals surface area contributed by atoms with Crippen molar-refractivity contribution in [3.8, 4) is 44.5 Å². The molecule has 11 aromatic rings. The number of fused-ring (bicyclic) bond motifs is 15. The molecule has 14 rings (SSSR count). The van der Waals surface area contributed by atoms with E-state index in [1.807, 2.05) is 0 Å². The highest BCUT2D eigenvalue weighted by Gasteiger charge is 2.53. The number of anilines is 3. The SMILES string of the molecule is c1ccc(-c2ccc(N(c3ccc4c(c3)C(c3ccccc3)(c3ccccc3)c3ccccc3-4)c3cc4ccccc4c4c3-c3ccccc3C43c4ccccc4-c4ccccc43)cc2)cc1.